The fraction of sp³-hybridized carbons (Fsp3) is 0.333. The van der Waals surface area contributed by atoms with E-state index in [9.17, 15) is 14.9 Å². The minimum atomic E-state index is -0.650. The summed E-state index contributed by atoms with van der Waals surface area (Å²) in [6.07, 6.45) is 3.86. The molecule has 3 aliphatic heterocycles. The van der Waals surface area contributed by atoms with Crippen molar-refractivity contribution in [3.63, 3.8) is 0 Å². The van der Waals surface area contributed by atoms with E-state index in [1.54, 1.807) is 12.1 Å². The summed E-state index contributed by atoms with van der Waals surface area (Å²) < 4.78 is 6.58. The van der Waals surface area contributed by atoms with Gasteiger partial charge in [0, 0.05) is 10.8 Å². The first-order chi connectivity index (χ1) is 17.4. The van der Waals surface area contributed by atoms with Crippen molar-refractivity contribution in [2.45, 2.75) is 50.2 Å². The topological polar surface area (TPSA) is 94.2 Å². The number of carbonyl (C=O) groups is 2. The highest BCUT2D eigenvalue weighted by Gasteiger charge is 2.73. The molecule has 36 heavy (non-hydrogen) atoms. The van der Waals surface area contributed by atoms with E-state index in [1.165, 1.54) is 4.90 Å². The molecule has 2 bridgehead atoms. The Morgan fingerprint density at radius 1 is 0.917 bits per heavy atom. The second-order valence-electron chi connectivity index (χ2n) is 10.4. The predicted molar refractivity (Wildman–Crippen MR) is 134 cm³/mol. The molecular formula is C30H25N3O3. The molecule has 4 atom stereocenters. The third kappa shape index (κ3) is 3.11. The second kappa shape index (κ2) is 8.01. The molecule has 0 unspecified atom stereocenters. The highest BCUT2D eigenvalue weighted by Crippen LogP contribution is 2.62. The van der Waals surface area contributed by atoms with Crippen LogP contribution in [-0.2, 0) is 20.7 Å². The molecule has 2 amide bonds. The molecule has 3 aromatic carbocycles. The Labute approximate surface area is 209 Å². The summed E-state index contributed by atoms with van der Waals surface area (Å²) in [6, 6.07) is 22.8. The normalized spacial score (nSPS) is 28.4. The molecule has 3 aliphatic rings. The van der Waals surface area contributed by atoms with Crippen LogP contribution in [0.1, 0.15) is 49.3 Å². The molecule has 178 valence electrons. The van der Waals surface area contributed by atoms with Gasteiger partial charge in [-0.2, -0.15) is 10.5 Å². The molecule has 0 spiro atoms. The van der Waals surface area contributed by atoms with E-state index < -0.39 is 23.0 Å². The number of ether oxygens (including phenoxy) is 1. The maximum absolute atomic E-state index is 14.0. The van der Waals surface area contributed by atoms with Crippen LogP contribution in [0.3, 0.4) is 0 Å². The lowest BCUT2D eigenvalue weighted by molar-refractivity contribution is -0.130. The van der Waals surface area contributed by atoms with Crippen LogP contribution in [0.25, 0.3) is 10.8 Å². The van der Waals surface area contributed by atoms with Crippen LogP contribution < -0.4 is 4.90 Å². The minimum absolute atomic E-state index is 0.193. The molecule has 3 heterocycles. The molecule has 3 saturated heterocycles. The number of hydrogen-bond donors (Lipinski definition) is 0. The van der Waals surface area contributed by atoms with Crippen molar-refractivity contribution < 1.29 is 14.3 Å². The van der Waals surface area contributed by atoms with Crippen LogP contribution in [0.5, 0.6) is 0 Å². The van der Waals surface area contributed by atoms with Crippen LogP contribution in [-0.4, -0.2) is 23.0 Å². The van der Waals surface area contributed by atoms with Crippen molar-refractivity contribution in [1.82, 2.24) is 0 Å². The molecule has 6 heteroatoms. The number of imide groups is 1. The van der Waals surface area contributed by atoms with Gasteiger partial charge in [0.05, 0.1) is 52.0 Å². The second-order valence-corrected chi connectivity index (χ2v) is 10.4. The Morgan fingerprint density at radius 3 is 2.36 bits per heavy atom. The van der Waals surface area contributed by atoms with E-state index >= 15 is 0 Å². The molecular weight excluding hydrogens is 450 g/mol. The van der Waals surface area contributed by atoms with E-state index in [2.05, 4.69) is 12.1 Å². The Balaban J connectivity index is 1.31. The summed E-state index contributed by atoms with van der Waals surface area (Å²) in [5, 5.41) is 20.0. The number of anilines is 1. The Bertz CT molecular complexity index is 1500. The summed E-state index contributed by atoms with van der Waals surface area (Å²) in [4.78, 5) is 29.2. The highest BCUT2D eigenvalue weighted by atomic mass is 16.5. The molecule has 0 saturated carbocycles. The van der Waals surface area contributed by atoms with Gasteiger partial charge in [0.15, 0.2) is 0 Å². The van der Waals surface area contributed by atoms with Crippen molar-refractivity contribution in [1.29, 1.82) is 10.5 Å². The minimum Gasteiger partial charge on any atom is -0.367 e. The monoisotopic (exact) mass is 475 g/mol. The van der Waals surface area contributed by atoms with Crippen LogP contribution in [0.15, 0.2) is 60.7 Å². The van der Waals surface area contributed by atoms with E-state index in [0.717, 1.165) is 42.0 Å². The smallest absolute Gasteiger partial charge is 0.240 e. The van der Waals surface area contributed by atoms with Gasteiger partial charge in [-0.15, -0.1) is 0 Å². The zero-order chi connectivity index (χ0) is 25.1. The zero-order valence-corrected chi connectivity index (χ0v) is 20.0. The Kier molecular flexibility index (Phi) is 5.00. The van der Waals surface area contributed by atoms with Crippen LogP contribution in [0, 0.1) is 34.5 Å². The van der Waals surface area contributed by atoms with Crippen molar-refractivity contribution in [2.75, 3.05) is 4.90 Å². The summed E-state index contributed by atoms with van der Waals surface area (Å²) >= 11 is 0. The van der Waals surface area contributed by atoms with Crippen molar-refractivity contribution in [3.8, 4) is 12.1 Å². The SMILES string of the molecule is C[C@]12CC[C@](CCCc3ccc(C#N)cc3)(O1)[C@@H]1C(=O)N(c3ccc(C#N)c4ccccc34)C(=O)[C@@H]12. The van der Waals surface area contributed by atoms with E-state index in [-0.39, 0.29) is 11.8 Å². The molecule has 0 N–H and O–H groups in total. The molecule has 0 aliphatic carbocycles. The number of fused-ring (bicyclic) bond motifs is 6. The van der Waals surface area contributed by atoms with Gasteiger partial charge in [-0.25, -0.2) is 4.90 Å². The third-order valence-corrected chi connectivity index (χ3v) is 8.42. The Morgan fingerprint density at radius 2 is 1.64 bits per heavy atom. The Hall–Kier alpha value is -4.00. The lowest BCUT2D eigenvalue weighted by Gasteiger charge is -2.31. The first-order valence-corrected chi connectivity index (χ1v) is 12.4. The first-order valence-electron chi connectivity index (χ1n) is 12.4. The summed E-state index contributed by atoms with van der Waals surface area (Å²) in [5.41, 5.74) is 1.54. The largest absolute Gasteiger partial charge is 0.367 e. The van der Waals surface area contributed by atoms with E-state index in [1.807, 2.05) is 55.5 Å². The van der Waals surface area contributed by atoms with Gasteiger partial charge in [0.2, 0.25) is 11.8 Å². The van der Waals surface area contributed by atoms with Gasteiger partial charge in [-0.05, 0) is 68.9 Å². The highest BCUT2D eigenvalue weighted by molar-refractivity contribution is 6.26. The van der Waals surface area contributed by atoms with Crippen LogP contribution in [0.4, 0.5) is 5.69 Å². The van der Waals surface area contributed by atoms with Gasteiger partial charge in [0.1, 0.15) is 0 Å². The van der Waals surface area contributed by atoms with E-state index in [0.29, 0.717) is 23.2 Å². The number of aryl methyl sites for hydroxylation is 1. The number of benzene rings is 3. The maximum Gasteiger partial charge on any atom is 0.240 e. The van der Waals surface area contributed by atoms with Gasteiger partial charge in [0.25, 0.3) is 0 Å². The number of rotatable bonds is 5. The quantitative estimate of drug-likeness (QED) is 0.482. The summed E-state index contributed by atoms with van der Waals surface area (Å²) in [7, 11) is 0. The van der Waals surface area contributed by atoms with Crippen molar-refractivity contribution in [2.24, 2.45) is 11.8 Å². The number of nitriles is 2. The number of hydrogen-bond acceptors (Lipinski definition) is 5. The lowest BCUT2D eigenvalue weighted by atomic mass is 9.67. The van der Waals surface area contributed by atoms with Crippen molar-refractivity contribution >= 4 is 28.3 Å². The van der Waals surface area contributed by atoms with Crippen LogP contribution >= 0.6 is 0 Å². The van der Waals surface area contributed by atoms with Gasteiger partial charge >= 0.3 is 0 Å². The molecule has 3 fully saturated rings. The molecule has 3 aromatic rings. The van der Waals surface area contributed by atoms with Crippen molar-refractivity contribution in [3.05, 3.63) is 77.4 Å². The van der Waals surface area contributed by atoms with Gasteiger partial charge in [-0.1, -0.05) is 36.4 Å². The number of amides is 2. The standard InChI is InChI=1S/C30H25N3O3/c1-29-15-16-30(36-29,14-4-5-19-8-10-20(17-31)11-9-19)26-25(29)27(34)33(28(26)35)24-13-12-21(18-32)22-6-2-3-7-23(22)24/h2-3,6-13,25-26H,4-5,14-16H2,1H3/t25-,26+,29-,30+/m1/s1. The molecule has 6 nitrogen and oxygen atoms in total. The average Bonchev–Trinajstić information content (AvgIpc) is 3.48. The molecule has 0 radical (unpaired) electrons. The van der Waals surface area contributed by atoms with Gasteiger partial charge < -0.3 is 4.74 Å². The van der Waals surface area contributed by atoms with Crippen LogP contribution in [0.2, 0.25) is 0 Å². The lowest BCUT2D eigenvalue weighted by Crippen LogP contribution is -2.42. The third-order valence-electron chi connectivity index (χ3n) is 8.42. The number of nitrogens with zero attached hydrogens (tertiary/aromatic N) is 3. The first kappa shape index (κ1) is 22.5. The average molecular weight is 476 g/mol. The number of carbonyl (C=O) groups excluding carboxylic acids is 2. The maximum atomic E-state index is 14.0. The fourth-order valence-corrected chi connectivity index (χ4v) is 6.76. The molecule has 6 rings (SSSR count). The summed E-state index contributed by atoms with van der Waals surface area (Å²) in [5.74, 6) is -1.39. The molecule has 0 aromatic heterocycles. The predicted octanol–water partition coefficient (Wildman–Crippen LogP) is 5.03. The fourth-order valence-electron chi connectivity index (χ4n) is 6.76. The summed E-state index contributed by atoms with van der Waals surface area (Å²) in [6.45, 7) is 1.98. The van der Waals surface area contributed by atoms with Gasteiger partial charge in [-0.3, -0.25) is 9.59 Å². The van der Waals surface area contributed by atoms with E-state index in [4.69, 9.17) is 10.00 Å². The zero-order valence-electron chi connectivity index (χ0n) is 20.0.